The molecule has 2 N–H and O–H groups in total. The zero-order chi connectivity index (χ0) is 16.2. The van der Waals surface area contributed by atoms with Crippen LogP contribution in [0.2, 0.25) is 0 Å². The summed E-state index contributed by atoms with van der Waals surface area (Å²) in [5, 5.41) is 9.98. The molecule has 1 aliphatic heterocycles. The number of piperidine rings is 1. The number of hydrogen-bond acceptors (Lipinski definition) is 4. The average Bonchev–Trinajstić information content (AvgIpc) is 2.48. The fraction of sp³-hybridized carbons (Fsp3) is 0.600. The largest absolute Gasteiger partial charge is 0.390 e. The van der Waals surface area contributed by atoms with Crippen molar-refractivity contribution in [1.82, 2.24) is 9.62 Å². The molecule has 5 nitrogen and oxygen atoms in total. The fourth-order valence-electron chi connectivity index (χ4n) is 2.55. The quantitative estimate of drug-likeness (QED) is 0.822. The number of hydrogen-bond donors (Lipinski definition) is 2. The van der Waals surface area contributed by atoms with E-state index in [1.165, 1.54) is 18.2 Å². The van der Waals surface area contributed by atoms with Crippen LogP contribution in [0.25, 0.3) is 0 Å². The molecule has 1 aromatic rings. The first-order valence-corrected chi connectivity index (χ1v) is 9.01. The molecular weight excluding hydrogens is 307 g/mol. The maximum atomic E-state index is 13.5. The molecular formula is C15H23FN2O3S. The molecule has 7 heteroatoms. The van der Waals surface area contributed by atoms with Crippen molar-refractivity contribution in [2.45, 2.75) is 30.8 Å². The molecule has 124 valence electrons. The van der Waals surface area contributed by atoms with Crippen LogP contribution in [0, 0.1) is 11.7 Å². The highest BCUT2D eigenvalue weighted by atomic mass is 32.2. The van der Waals surface area contributed by atoms with Crippen LogP contribution in [0.5, 0.6) is 0 Å². The van der Waals surface area contributed by atoms with E-state index >= 15 is 0 Å². The number of sulfonamides is 1. The molecule has 22 heavy (non-hydrogen) atoms. The minimum Gasteiger partial charge on any atom is -0.390 e. The third-order valence-corrected chi connectivity index (χ3v) is 5.44. The lowest BCUT2D eigenvalue weighted by molar-refractivity contribution is 0.0942. The van der Waals surface area contributed by atoms with Gasteiger partial charge in [0, 0.05) is 13.1 Å². The van der Waals surface area contributed by atoms with Crippen LogP contribution >= 0.6 is 0 Å². The van der Waals surface area contributed by atoms with Crippen molar-refractivity contribution in [2.75, 3.05) is 26.2 Å². The summed E-state index contributed by atoms with van der Waals surface area (Å²) in [4.78, 5) is 1.73. The summed E-state index contributed by atoms with van der Waals surface area (Å²) >= 11 is 0. The molecule has 0 radical (unpaired) electrons. The van der Waals surface area contributed by atoms with Gasteiger partial charge in [0.1, 0.15) is 10.7 Å². The summed E-state index contributed by atoms with van der Waals surface area (Å²) in [6.45, 7) is 4.34. The van der Waals surface area contributed by atoms with Crippen LogP contribution in [0.1, 0.15) is 19.8 Å². The predicted octanol–water partition coefficient (Wildman–Crippen LogP) is 1.20. The highest BCUT2D eigenvalue weighted by molar-refractivity contribution is 7.89. The number of benzene rings is 1. The van der Waals surface area contributed by atoms with Crippen molar-refractivity contribution in [3.8, 4) is 0 Å². The highest BCUT2D eigenvalue weighted by Crippen LogP contribution is 2.16. The van der Waals surface area contributed by atoms with Gasteiger partial charge >= 0.3 is 0 Å². The van der Waals surface area contributed by atoms with Gasteiger partial charge in [-0.2, -0.15) is 0 Å². The molecule has 0 aliphatic carbocycles. The second-order valence-corrected chi connectivity index (χ2v) is 7.65. The fourth-order valence-corrected chi connectivity index (χ4v) is 3.70. The third kappa shape index (κ3) is 4.74. The third-order valence-electron chi connectivity index (χ3n) is 3.98. The van der Waals surface area contributed by atoms with Crippen LogP contribution < -0.4 is 4.72 Å². The molecule has 1 saturated heterocycles. The molecule has 1 unspecified atom stereocenters. The molecule has 1 fully saturated rings. The minimum atomic E-state index is -3.94. The summed E-state index contributed by atoms with van der Waals surface area (Å²) < 4.78 is 39.8. The minimum absolute atomic E-state index is 0.122. The Morgan fingerprint density at radius 2 is 2.00 bits per heavy atom. The summed E-state index contributed by atoms with van der Waals surface area (Å²) in [5.74, 6) is -0.0949. The van der Waals surface area contributed by atoms with Gasteiger partial charge in [0.2, 0.25) is 10.0 Å². The van der Waals surface area contributed by atoms with E-state index in [2.05, 4.69) is 16.5 Å². The molecule has 0 aromatic heterocycles. The number of likely N-dealkylation sites (tertiary alicyclic amines) is 1. The Bertz CT molecular complexity index is 586. The highest BCUT2D eigenvalue weighted by Gasteiger charge is 2.22. The van der Waals surface area contributed by atoms with Crippen LogP contribution in [0.15, 0.2) is 29.2 Å². The summed E-state index contributed by atoms with van der Waals surface area (Å²) in [5.41, 5.74) is 0. The average molecular weight is 330 g/mol. The summed E-state index contributed by atoms with van der Waals surface area (Å²) in [6.07, 6.45) is 1.37. The van der Waals surface area contributed by atoms with Gasteiger partial charge in [-0.3, -0.25) is 0 Å². The van der Waals surface area contributed by atoms with E-state index in [0.29, 0.717) is 12.5 Å². The number of aliphatic hydroxyl groups is 1. The Kier molecular flexibility index (Phi) is 5.91. The van der Waals surface area contributed by atoms with E-state index in [0.717, 1.165) is 32.0 Å². The standard InChI is InChI=1S/C15H23FN2O3S/c1-12-6-8-18(9-7-12)11-13(19)10-17-22(20,21)15-5-3-2-4-14(15)16/h2-5,12-13,17,19H,6-11H2,1H3. The monoisotopic (exact) mass is 330 g/mol. The second kappa shape index (κ2) is 7.50. The van der Waals surface area contributed by atoms with Crippen LogP contribution in [-0.4, -0.2) is 50.7 Å². The molecule has 2 rings (SSSR count). The lowest BCUT2D eigenvalue weighted by atomic mass is 9.99. The van der Waals surface area contributed by atoms with Gasteiger partial charge in [-0.25, -0.2) is 17.5 Å². The lowest BCUT2D eigenvalue weighted by Gasteiger charge is -2.31. The molecule has 0 saturated carbocycles. The van der Waals surface area contributed by atoms with Gasteiger partial charge in [0.25, 0.3) is 0 Å². The SMILES string of the molecule is CC1CCN(CC(O)CNS(=O)(=O)c2ccccc2F)CC1. The number of halogens is 1. The number of nitrogens with one attached hydrogen (secondary N) is 1. The molecule has 0 amide bonds. The van der Waals surface area contributed by atoms with Crippen molar-refractivity contribution in [2.24, 2.45) is 5.92 Å². The molecule has 1 atom stereocenters. The van der Waals surface area contributed by atoms with Crippen molar-refractivity contribution in [3.05, 3.63) is 30.1 Å². The van der Waals surface area contributed by atoms with E-state index in [1.807, 2.05) is 0 Å². The van der Waals surface area contributed by atoms with Crippen molar-refractivity contribution in [1.29, 1.82) is 0 Å². The van der Waals surface area contributed by atoms with Gasteiger partial charge in [0.15, 0.2) is 0 Å². The summed E-state index contributed by atoms with van der Waals surface area (Å²) in [7, 11) is -3.94. The van der Waals surface area contributed by atoms with Crippen molar-refractivity contribution < 1.29 is 17.9 Å². The van der Waals surface area contributed by atoms with Gasteiger partial charge < -0.3 is 10.0 Å². The smallest absolute Gasteiger partial charge is 0.243 e. The zero-order valence-corrected chi connectivity index (χ0v) is 13.5. The Balaban J connectivity index is 1.85. The van der Waals surface area contributed by atoms with E-state index in [1.54, 1.807) is 0 Å². The predicted molar refractivity (Wildman–Crippen MR) is 82.4 cm³/mol. The number of rotatable bonds is 6. The molecule has 0 bridgehead atoms. The molecule has 1 heterocycles. The van der Waals surface area contributed by atoms with Crippen molar-refractivity contribution >= 4 is 10.0 Å². The molecule has 1 aromatic carbocycles. The van der Waals surface area contributed by atoms with Gasteiger partial charge in [-0.05, 0) is 44.0 Å². The first kappa shape index (κ1) is 17.3. The molecule has 1 aliphatic rings. The maximum absolute atomic E-state index is 13.5. The van der Waals surface area contributed by atoms with Gasteiger partial charge in [-0.1, -0.05) is 19.1 Å². The van der Waals surface area contributed by atoms with Crippen LogP contribution in [-0.2, 0) is 10.0 Å². The Hall–Kier alpha value is -1.02. The lowest BCUT2D eigenvalue weighted by Crippen LogP contribution is -2.43. The van der Waals surface area contributed by atoms with Gasteiger partial charge in [0.05, 0.1) is 6.10 Å². The molecule has 0 spiro atoms. The number of aliphatic hydroxyl groups excluding tert-OH is 1. The first-order valence-electron chi connectivity index (χ1n) is 7.53. The first-order chi connectivity index (χ1) is 10.4. The number of β-amino-alcohol motifs (C(OH)–C–C–N with tert-alkyl or cyclic N) is 1. The van der Waals surface area contributed by atoms with Crippen LogP contribution in [0.4, 0.5) is 4.39 Å². The Morgan fingerprint density at radius 3 is 2.64 bits per heavy atom. The zero-order valence-electron chi connectivity index (χ0n) is 12.7. The van der Waals surface area contributed by atoms with E-state index < -0.39 is 26.8 Å². The normalized spacial score (nSPS) is 19.2. The Labute approximate surface area is 131 Å². The summed E-state index contributed by atoms with van der Waals surface area (Å²) in [6, 6.07) is 5.19. The van der Waals surface area contributed by atoms with E-state index in [4.69, 9.17) is 0 Å². The van der Waals surface area contributed by atoms with Crippen LogP contribution in [0.3, 0.4) is 0 Å². The van der Waals surface area contributed by atoms with Gasteiger partial charge in [-0.15, -0.1) is 0 Å². The Morgan fingerprint density at radius 1 is 1.36 bits per heavy atom. The topological polar surface area (TPSA) is 69.6 Å². The van der Waals surface area contributed by atoms with E-state index in [-0.39, 0.29) is 6.54 Å². The van der Waals surface area contributed by atoms with Crippen molar-refractivity contribution in [3.63, 3.8) is 0 Å². The maximum Gasteiger partial charge on any atom is 0.243 e. The number of nitrogens with zero attached hydrogens (tertiary/aromatic N) is 1. The van der Waals surface area contributed by atoms with E-state index in [9.17, 15) is 17.9 Å². The second-order valence-electron chi connectivity index (χ2n) is 5.92.